The lowest BCUT2D eigenvalue weighted by Gasteiger charge is -2.06. The average Bonchev–Trinajstić information content (AvgIpc) is 2.92. The molecule has 0 saturated heterocycles. The predicted octanol–water partition coefficient (Wildman–Crippen LogP) is 4.74. The molecule has 8 nitrogen and oxygen atoms in total. The van der Waals surface area contributed by atoms with Crippen LogP contribution in [0.15, 0.2) is 107 Å². The van der Waals surface area contributed by atoms with E-state index in [1.165, 1.54) is 6.21 Å². The second kappa shape index (κ2) is 11.9. The fourth-order valence-corrected chi connectivity index (χ4v) is 3.33. The Hall–Kier alpha value is -5.24. The second-order valence-corrected chi connectivity index (χ2v) is 7.98. The molecule has 0 aromatic heterocycles. The lowest BCUT2D eigenvalue weighted by atomic mass is 10.0. The van der Waals surface area contributed by atoms with E-state index in [1.54, 1.807) is 72.9 Å². The Kier molecular flexibility index (Phi) is 8.03. The summed E-state index contributed by atoms with van der Waals surface area (Å²) in [7, 11) is 0. The highest BCUT2D eigenvalue weighted by atomic mass is 16.5. The number of benzene rings is 4. The van der Waals surface area contributed by atoms with E-state index < -0.39 is 5.91 Å². The zero-order valence-corrected chi connectivity index (χ0v) is 19.7. The Bertz CT molecular complexity index is 1450. The molecule has 4 rings (SSSR count). The SMILES string of the molecule is N=C(N=Cc1ccc(O)cc1)c1ccc(OCC(=O)N/N=C/c2cccc(-c3cccc(O)c3)c2)cc1. The maximum absolute atomic E-state index is 12.1. The summed E-state index contributed by atoms with van der Waals surface area (Å²) in [6.07, 6.45) is 3.07. The Labute approximate surface area is 213 Å². The first kappa shape index (κ1) is 24.9. The van der Waals surface area contributed by atoms with Crippen LogP contribution < -0.4 is 10.2 Å². The van der Waals surface area contributed by atoms with Gasteiger partial charge in [0.25, 0.3) is 5.91 Å². The summed E-state index contributed by atoms with van der Waals surface area (Å²) in [5.74, 6) is 0.475. The Morgan fingerprint density at radius 2 is 1.51 bits per heavy atom. The van der Waals surface area contributed by atoms with Gasteiger partial charge in [-0.2, -0.15) is 5.10 Å². The molecule has 0 aliphatic heterocycles. The maximum Gasteiger partial charge on any atom is 0.277 e. The molecular formula is C29H24N4O4. The van der Waals surface area contributed by atoms with Gasteiger partial charge in [0.05, 0.1) is 6.21 Å². The van der Waals surface area contributed by atoms with Gasteiger partial charge in [-0.1, -0.05) is 30.3 Å². The lowest BCUT2D eigenvalue weighted by molar-refractivity contribution is -0.123. The Balaban J connectivity index is 1.25. The molecule has 4 aromatic carbocycles. The smallest absolute Gasteiger partial charge is 0.277 e. The molecule has 0 fully saturated rings. The molecule has 0 bridgehead atoms. The van der Waals surface area contributed by atoms with Crippen molar-refractivity contribution >= 4 is 24.2 Å². The molecule has 0 heterocycles. The number of rotatable bonds is 8. The van der Waals surface area contributed by atoms with E-state index in [2.05, 4.69) is 15.5 Å². The third-order valence-corrected chi connectivity index (χ3v) is 5.20. The van der Waals surface area contributed by atoms with Crippen molar-refractivity contribution in [1.82, 2.24) is 5.43 Å². The number of nitrogens with zero attached hydrogens (tertiary/aromatic N) is 2. The van der Waals surface area contributed by atoms with Crippen molar-refractivity contribution in [2.24, 2.45) is 10.1 Å². The van der Waals surface area contributed by atoms with Crippen molar-refractivity contribution in [3.63, 3.8) is 0 Å². The number of phenols is 2. The van der Waals surface area contributed by atoms with Gasteiger partial charge in [-0.25, -0.2) is 10.4 Å². The standard InChI is InChI=1S/C29H24N4O4/c30-29(31-17-20-7-11-25(34)12-8-20)22-9-13-27(14-10-22)37-19-28(36)33-32-18-21-3-1-4-23(15-21)24-5-2-6-26(35)16-24/h1-18,30,34-35H,19H2,(H,33,36)/b30-29?,31-17?,32-18+. The minimum Gasteiger partial charge on any atom is -0.508 e. The Morgan fingerprint density at radius 3 is 2.24 bits per heavy atom. The van der Waals surface area contributed by atoms with Crippen LogP contribution in [0.3, 0.4) is 0 Å². The molecule has 0 spiro atoms. The number of ether oxygens (including phenoxy) is 1. The number of carbonyl (C=O) groups is 1. The number of aromatic hydroxyl groups is 2. The predicted molar refractivity (Wildman–Crippen MR) is 144 cm³/mol. The third kappa shape index (κ3) is 7.37. The van der Waals surface area contributed by atoms with Crippen LogP contribution in [0.4, 0.5) is 0 Å². The van der Waals surface area contributed by atoms with Crippen LogP contribution in [0.5, 0.6) is 17.2 Å². The van der Waals surface area contributed by atoms with Crippen LogP contribution in [0.2, 0.25) is 0 Å². The van der Waals surface area contributed by atoms with Crippen molar-refractivity contribution < 1.29 is 19.7 Å². The summed E-state index contributed by atoms with van der Waals surface area (Å²) in [5, 5.41) is 31.1. The summed E-state index contributed by atoms with van der Waals surface area (Å²) in [6.45, 7) is -0.226. The number of amidine groups is 1. The average molecular weight is 493 g/mol. The van der Waals surface area contributed by atoms with Gasteiger partial charge in [-0.15, -0.1) is 0 Å². The minimum absolute atomic E-state index is 0.0693. The van der Waals surface area contributed by atoms with E-state index in [1.807, 2.05) is 30.3 Å². The molecule has 0 radical (unpaired) electrons. The highest BCUT2D eigenvalue weighted by Crippen LogP contribution is 2.23. The first-order valence-electron chi connectivity index (χ1n) is 11.3. The number of hydrogen-bond acceptors (Lipinski definition) is 6. The molecule has 4 N–H and O–H groups in total. The van der Waals surface area contributed by atoms with Gasteiger partial charge in [0.1, 0.15) is 17.2 Å². The van der Waals surface area contributed by atoms with Gasteiger partial charge in [-0.3, -0.25) is 10.2 Å². The molecule has 4 aromatic rings. The van der Waals surface area contributed by atoms with Gasteiger partial charge < -0.3 is 14.9 Å². The van der Waals surface area contributed by atoms with Gasteiger partial charge in [-0.05, 0) is 89.0 Å². The fraction of sp³-hybridized carbons (Fsp3) is 0.0345. The summed E-state index contributed by atoms with van der Waals surface area (Å²) >= 11 is 0. The number of aliphatic imine (C=N–C) groups is 1. The summed E-state index contributed by atoms with van der Waals surface area (Å²) in [5.41, 5.74) is 6.36. The first-order chi connectivity index (χ1) is 18.0. The number of carbonyl (C=O) groups excluding carboxylic acids is 1. The number of hydrazone groups is 1. The minimum atomic E-state index is -0.421. The van der Waals surface area contributed by atoms with Crippen LogP contribution >= 0.6 is 0 Å². The van der Waals surface area contributed by atoms with Crippen molar-refractivity contribution in [1.29, 1.82) is 5.41 Å². The molecule has 8 heteroatoms. The van der Waals surface area contributed by atoms with E-state index >= 15 is 0 Å². The van der Waals surface area contributed by atoms with E-state index in [-0.39, 0.29) is 23.9 Å². The number of phenolic OH excluding ortho intramolecular Hbond substituents is 2. The molecule has 0 atom stereocenters. The van der Waals surface area contributed by atoms with E-state index in [0.717, 1.165) is 22.3 Å². The van der Waals surface area contributed by atoms with E-state index in [4.69, 9.17) is 10.1 Å². The van der Waals surface area contributed by atoms with Crippen molar-refractivity contribution in [3.05, 3.63) is 114 Å². The highest BCUT2D eigenvalue weighted by molar-refractivity contribution is 6.03. The number of amides is 1. The van der Waals surface area contributed by atoms with Crippen LogP contribution in [0, 0.1) is 5.41 Å². The molecule has 184 valence electrons. The third-order valence-electron chi connectivity index (χ3n) is 5.20. The molecule has 0 unspecified atom stereocenters. The zero-order chi connectivity index (χ0) is 26.0. The zero-order valence-electron chi connectivity index (χ0n) is 19.7. The topological polar surface area (TPSA) is 127 Å². The molecule has 0 aliphatic carbocycles. The highest BCUT2D eigenvalue weighted by Gasteiger charge is 2.04. The largest absolute Gasteiger partial charge is 0.508 e. The first-order valence-corrected chi connectivity index (χ1v) is 11.3. The monoisotopic (exact) mass is 492 g/mol. The quantitative estimate of drug-likeness (QED) is 0.161. The summed E-state index contributed by atoms with van der Waals surface area (Å²) < 4.78 is 5.49. The lowest BCUT2D eigenvalue weighted by Crippen LogP contribution is -2.24. The number of hydrogen-bond donors (Lipinski definition) is 4. The van der Waals surface area contributed by atoms with Gasteiger partial charge in [0, 0.05) is 11.8 Å². The van der Waals surface area contributed by atoms with Gasteiger partial charge in [0.2, 0.25) is 0 Å². The van der Waals surface area contributed by atoms with Crippen LogP contribution in [0.1, 0.15) is 16.7 Å². The van der Waals surface area contributed by atoms with Crippen molar-refractivity contribution in [3.8, 4) is 28.4 Å². The van der Waals surface area contributed by atoms with Gasteiger partial charge >= 0.3 is 0 Å². The Morgan fingerprint density at radius 1 is 0.811 bits per heavy atom. The summed E-state index contributed by atoms with van der Waals surface area (Å²) in [4.78, 5) is 16.2. The molecule has 1 amide bonds. The molecular weight excluding hydrogens is 468 g/mol. The van der Waals surface area contributed by atoms with Crippen molar-refractivity contribution in [2.45, 2.75) is 0 Å². The number of nitrogens with one attached hydrogen (secondary N) is 2. The van der Waals surface area contributed by atoms with Gasteiger partial charge in [0.15, 0.2) is 12.4 Å². The van der Waals surface area contributed by atoms with Crippen LogP contribution in [-0.2, 0) is 4.79 Å². The fourth-order valence-electron chi connectivity index (χ4n) is 3.33. The van der Waals surface area contributed by atoms with E-state index in [9.17, 15) is 15.0 Å². The molecule has 37 heavy (non-hydrogen) atoms. The van der Waals surface area contributed by atoms with Crippen molar-refractivity contribution in [2.75, 3.05) is 6.61 Å². The molecule has 0 aliphatic rings. The van der Waals surface area contributed by atoms with Crippen LogP contribution in [-0.4, -0.2) is 41.0 Å². The van der Waals surface area contributed by atoms with E-state index in [0.29, 0.717) is 11.3 Å². The second-order valence-electron chi connectivity index (χ2n) is 7.98. The maximum atomic E-state index is 12.1. The van der Waals surface area contributed by atoms with Crippen LogP contribution in [0.25, 0.3) is 11.1 Å². The normalized spacial score (nSPS) is 11.0. The molecule has 0 saturated carbocycles. The summed E-state index contributed by atoms with van der Waals surface area (Å²) in [6, 6.07) is 27.7.